The van der Waals surface area contributed by atoms with Crippen LogP contribution in [0.5, 0.6) is 5.75 Å². The zero-order valence-electron chi connectivity index (χ0n) is 20.9. The van der Waals surface area contributed by atoms with E-state index in [2.05, 4.69) is 20.5 Å². The fourth-order valence-corrected chi connectivity index (χ4v) is 6.37. The van der Waals surface area contributed by atoms with Gasteiger partial charge in [-0.25, -0.2) is 17.8 Å². The molecule has 5 rings (SSSR count). The average molecular weight is 554 g/mol. The van der Waals surface area contributed by atoms with Gasteiger partial charge in [0.25, 0.3) is 5.91 Å². The number of nitrogens with zero attached hydrogens (tertiary/aromatic N) is 3. The van der Waals surface area contributed by atoms with E-state index in [0.717, 1.165) is 39.8 Å². The van der Waals surface area contributed by atoms with Crippen molar-refractivity contribution in [3.05, 3.63) is 86.1 Å². The SMILES string of the molecule is Cc1cc(COc2ccc(C(=O)NC3CN(S(C)(=O)=O)CCC3c3n[nH]c(=O)s3)cc2)c2ccccc2n1. The summed E-state index contributed by atoms with van der Waals surface area (Å²) in [5.41, 5.74) is 3.25. The molecule has 12 heteroatoms. The molecule has 1 saturated heterocycles. The molecule has 1 amide bonds. The van der Waals surface area contributed by atoms with Crippen molar-refractivity contribution < 1.29 is 17.9 Å². The molecule has 2 aromatic carbocycles. The van der Waals surface area contributed by atoms with Gasteiger partial charge in [-0.15, -0.1) is 0 Å². The van der Waals surface area contributed by atoms with Crippen LogP contribution < -0.4 is 14.9 Å². The van der Waals surface area contributed by atoms with Crippen molar-refractivity contribution in [2.45, 2.75) is 31.9 Å². The molecular formula is C26H27N5O5S2. The first-order chi connectivity index (χ1) is 18.2. The van der Waals surface area contributed by atoms with Crippen LogP contribution in [0.1, 0.15) is 39.0 Å². The summed E-state index contributed by atoms with van der Waals surface area (Å²) in [6.45, 7) is 2.69. The number of ether oxygens (including phenoxy) is 1. The Labute approximate surface area is 223 Å². The van der Waals surface area contributed by atoms with Crippen molar-refractivity contribution in [3.8, 4) is 5.75 Å². The third-order valence-corrected chi connectivity index (χ3v) is 8.72. The summed E-state index contributed by atoms with van der Waals surface area (Å²) in [5, 5.41) is 11.0. The normalized spacial score (nSPS) is 18.4. The number of nitrogens with one attached hydrogen (secondary N) is 2. The largest absolute Gasteiger partial charge is 0.489 e. The molecule has 0 bridgehead atoms. The summed E-state index contributed by atoms with van der Waals surface area (Å²) in [6.07, 6.45) is 1.59. The van der Waals surface area contributed by atoms with Gasteiger partial charge in [0.05, 0.1) is 17.8 Å². The molecule has 0 saturated carbocycles. The summed E-state index contributed by atoms with van der Waals surface area (Å²) in [6, 6.07) is 16.2. The standard InChI is InChI=1S/C26H27N5O5S2/c1-16-13-18(20-5-3-4-6-22(20)27-16)15-36-19-9-7-17(8-10-19)24(32)28-23-14-31(38(2,34)35)12-11-21(23)25-29-30-26(33)37-25/h3-10,13,21,23H,11-12,14-15H2,1-2H3,(H,28,32)(H,30,33). The van der Waals surface area contributed by atoms with Crippen LogP contribution in [0.25, 0.3) is 10.9 Å². The summed E-state index contributed by atoms with van der Waals surface area (Å²) >= 11 is 0.975. The van der Waals surface area contributed by atoms with Crippen molar-refractivity contribution in [3.63, 3.8) is 0 Å². The molecule has 0 radical (unpaired) electrons. The van der Waals surface area contributed by atoms with Crippen LogP contribution in [0.4, 0.5) is 0 Å². The van der Waals surface area contributed by atoms with Gasteiger partial charge in [0.1, 0.15) is 17.4 Å². The van der Waals surface area contributed by atoms with E-state index in [1.165, 1.54) is 4.31 Å². The fourth-order valence-electron chi connectivity index (χ4n) is 4.69. The van der Waals surface area contributed by atoms with E-state index in [9.17, 15) is 18.0 Å². The molecule has 2 aromatic heterocycles. The molecule has 0 spiro atoms. The van der Waals surface area contributed by atoms with Crippen molar-refractivity contribution in [1.82, 2.24) is 24.8 Å². The molecule has 10 nitrogen and oxygen atoms in total. The number of hydrogen-bond donors (Lipinski definition) is 2. The third kappa shape index (κ3) is 5.77. The highest BCUT2D eigenvalue weighted by molar-refractivity contribution is 7.88. The van der Waals surface area contributed by atoms with Gasteiger partial charge in [0.15, 0.2) is 0 Å². The Morgan fingerprint density at radius 1 is 1.21 bits per heavy atom. The Kier molecular flexibility index (Phi) is 7.28. The molecule has 2 unspecified atom stereocenters. The highest BCUT2D eigenvalue weighted by Crippen LogP contribution is 2.30. The Bertz CT molecular complexity index is 1630. The Balaban J connectivity index is 1.28. The number of piperidine rings is 1. The van der Waals surface area contributed by atoms with Crippen LogP contribution in [0.2, 0.25) is 0 Å². The Morgan fingerprint density at radius 3 is 2.68 bits per heavy atom. The van der Waals surface area contributed by atoms with Crippen LogP contribution >= 0.6 is 11.3 Å². The van der Waals surface area contributed by atoms with Crippen LogP contribution in [-0.2, 0) is 16.6 Å². The minimum Gasteiger partial charge on any atom is -0.489 e. The minimum absolute atomic E-state index is 0.101. The lowest BCUT2D eigenvalue weighted by atomic mass is 9.93. The lowest BCUT2D eigenvalue weighted by Crippen LogP contribution is -2.52. The van der Waals surface area contributed by atoms with Crippen LogP contribution in [-0.4, -0.2) is 59.2 Å². The highest BCUT2D eigenvalue weighted by atomic mass is 32.2. The topological polar surface area (TPSA) is 134 Å². The molecule has 2 N–H and O–H groups in total. The summed E-state index contributed by atoms with van der Waals surface area (Å²) in [5.74, 6) is -0.0112. The number of aryl methyl sites for hydroxylation is 1. The number of rotatable bonds is 7. The second-order valence-electron chi connectivity index (χ2n) is 9.30. The van der Waals surface area contributed by atoms with Gasteiger partial charge in [0, 0.05) is 41.2 Å². The Hall–Kier alpha value is -3.61. The fraction of sp³-hybridized carbons (Fsp3) is 0.308. The number of carbonyl (C=O) groups is 1. The Morgan fingerprint density at radius 2 is 1.97 bits per heavy atom. The van der Waals surface area contributed by atoms with Gasteiger partial charge in [-0.1, -0.05) is 29.5 Å². The molecule has 3 heterocycles. The number of aromatic nitrogens is 3. The van der Waals surface area contributed by atoms with Crippen LogP contribution in [0.3, 0.4) is 0 Å². The number of benzene rings is 2. The predicted octanol–water partition coefficient (Wildman–Crippen LogP) is 2.81. The maximum Gasteiger partial charge on any atom is 0.322 e. The second-order valence-corrected chi connectivity index (χ2v) is 12.3. The zero-order chi connectivity index (χ0) is 26.9. The van der Waals surface area contributed by atoms with Crippen LogP contribution in [0, 0.1) is 6.92 Å². The molecule has 1 aliphatic heterocycles. The molecule has 38 heavy (non-hydrogen) atoms. The number of amides is 1. The highest BCUT2D eigenvalue weighted by Gasteiger charge is 2.36. The smallest absolute Gasteiger partial charge is 0.322 e. The number of H-pyrrole nitrogens is 1. The van der Waals surface area contributed by atoms with Gasteiger partial charge < -0.3 is 10.1 Å². The van der Waals surface area contributed by atoms with Gasteiger partial charge in [-0.3, -0.25) is 14.6 Å². The molecule has 2 atom stereocenters. The van der Waals surface area contributed by atoms with Gasteiger partial charge in [-0.05, 0) is 49.7 Å². The van der Waals surface area contributed by atoms with Gasteiger partial charge in [0.2, 0.25) is 10.0 Å². The molecule has 1 aliphatic rings. The van der Waals surface area contributed by atoms with E-state index >= 15 is 0 Å². The lowest BCUT2D eigenvalue weighted by Gasteiger charge is -2.36. The van der Waals surface area contributed by atoms with Crippen LogP contribution in [0.15, 0.2) is 59.4 Å². The van der Waals surface area contributed by atoms with E-state index in [0.29, 0.717) is 35.9 Å². The lowest BCUT2D eigenvalue weighted by molar-refractivity contribution is 0.0912. The maximum absolute atomic E-state index is 13.1. The second kappa shape index (κ2) is 10.6. The number of hydrogen-bond acceptors (Lipinski definition) is 8. The van der Waals surface area contributed by atoms with Crippen molar-refractivity contribution >= 4 is 38.2 Å². The zero-order valence-corrected chi connectivity index (χ0v) is 22.5. The summed E-state index contributed by atoms with van der Waals surface area (Å²) < 4.78 is 31.6. The first-order valence-electron chi connectivity index (χ1n) is 12.1. The quantitative estimate of drug-likeness (QED) is 0.359. The molecule has 198 valence electrons. The first kappa shape index (κ1) is 26.0. The predicted molar refractivity (Wildman–Crippen MR) is 145 cm³/mol. The van der Waals surface area contributed by atoms with E-state index < -0.39 is 16.1 Å². The third-order valence-electron chi connectivity index (χ3n) is 6.57. The molecule has 4 aromatic rings. The minimum atomic E-state index is -3.44. The molecule has 1 fully saturated rings. The number of sulfonamides is 1. The molecular weight excluding hydrogens is 526 g/mol. The van der Waals surface area contributed by atoms with Crippen molar-refractivity contribution in [2.75, 3.05) is 19.3 Å². The van der Waals surface area contributed by atoms with E-state index in [1.54, 1.807) is 24.3 Å². The first-order valence-corrected chi connectivity index (χ1v) is 14.7. The number of fused-ring (bicyclic) bond motifs is 1. The van der Waals surface area contributed by atoms with Gasteiger partial charge in [-0.2, -0.15) is 5.10 Å². The van der Waals surface area contributed by atoms with Crippen molar-refractivity contribution in [2.24, 2.45) is 0 Å². The van der Waals surface area contributed by atoms with E-state index in [4.69, 9.17) is 4.74 Å². The van der Waals surface area contributed by atoms with Gasteiger partial charge >= 0.3 is 4.87 Å². The summed E-state index contributed by atoms with van der Waals surface area (Å²) in [7, 11) is -3.44. The maximum atomic E-state index is 13.1. The summed E-state index contributed by atoms with van der Waals surface area (Å²) in [4.78, 5) is 29.0. The average Bonchev–Trinajstić information content (AvgIpc) is 3.32. The monoisotopic (exact) mass is 553 g/mol. The van der Waals surface area contributed by atoms with Crippen molar-refractivity contribution in [1.29, 1.82) is 0 Å². The van der Waals surface area contributed by atoms with E-state index in [-0.39, 0.29) is 23.2 Å². The number of aromatic amines is 1. The van der Waals surface area contributed by atoms with E-state index in [1.807, 2.05) is 37.3 Å². The number of carbonyl (C=O) groups excluding carboxylic acids is 1. The molecule has 0 aliphatic carbocycles. The number of para-hydroxylation sites is 1. The number of pyridine rings is 1.